The fraction of sp³-hybridized carbons (Fsp3) is 0.277. The molecule has 5 aromatic carbocycles. The van der Waals surface area contributed by atoms with Crippen molar-refractivity contribution in [1.29, 1.82) is 0 Å². The molecule has 3 nitrogen and oxygen atoms in total. The van der Waals surface area contributed by atoms with Crippen LogP contribution in [-0.4, -0.2) is 6.71 Å². The zero-order valence-corrected chi connectivity index (χ0v) is 30.7. The van der Waals surface area contributed by atoms with E-state index in [1.54, 1.807) is 0 Å². The Morgan fingerprint density at radius 2 is 1.53 bits per heavy atom. The van der Waals surface area contributed by atoms with E-state index >= 15 is 0 Å². The molecule has 0 radical (unpaired) electrons. The van der Waals surface area contributed by atoms with E-state index in [9.17, 15) is 0 Å². The Kier molecular flexibility index (Phi) is 7.76. The minimum Gasteiger partial charge on any atom is -0.456 e. The Labute approximate surface area is 303 Å². The van der Waals surface area contributed by atoms with Gasteiger partial charge in [0.1, 0.15) is 11.2 Å². The van der Waals surface area contributed by atoms with Crippen molar-refractivity contribution in [2.45, 2.75) is 79.6 Å². The van der Waals surface area contributed by atoms with Crippen LogP contribution >= 0.6 is 0 Å². The average Bonchev–Trinajstić information content (AvgIpc) is 3.53. The van der Waals surface area contributed by atoms with Crippen LogP contribution in [0, 0.1) is 19.3 Å². The van der Waals surface area contributed by atoms with Crippen LogP contribution in [0.5, 0.6) is 0 Å². The maximum Gasteiger partial charge on any atom is 0.252 e. The molecule has 3 heterocycles. The quantitative estimate of drug-likeness (QED) is 0.151. The first-order valence-electron chi connectivity index (χ1n) is 19.2. The Balaban J connectivity index is 1.32. The molecule has 0 N–H and O–H groups in total. The fourth-order valence-electron chi connectivity index (χ4n) is 8.98. The van der Waals surface area contributed by atoms with Crippen LogP contribution < -0.4 is 26.2 Å². The van der Waals surface area contributed by atoms with Crippen molar-refractivity contribution in [2.24, 2.45) is 5.41 Å². The summed E-state index contributed by atoms with van der Waals surface area (Å²) >= 11 is 0. The van der Waals surface area contributed by atoms with Crippen LogP contribution in [0.2, 0.25) is 0 Å². The summed E-state index contributed by atoms with van der Waals surface area (Å²) in [6.07, 6.45) is 15.7. The number of benzene rings is 5. The molecular weight excluding hydrogens is 619 g/mol. The smallest absolute Gasteiger partial charge is 0.252 e. The number of unbranched alkanes of at least 4 members (excludes halogenated alkanes) is 2. The molecule has 0 saturated carbocycles. The second-order valence-electron chi connectivity index (χ2n) is 15.6. The number of aryl methyl sites for hydroxylation is 3. The van der Waals surface area contributed by atoms with Crippen molar-refractivity contribution in [3.63, 3.8) is 0 Å². The van der Waals surface area contributed by atoms with Crippen LogP contribution in [0.3, 0.4) is 0 Å². The second kappa shape index (κ2) is 12.4. The molecular formula is C47H47BN2O. The largest absolute Gasteiger partial charge is 0.456 e. The number of anilines is 5. The molecule has 0 bridgehead atoms. The van der Waals surface area contributed by atoms with Crippen molar-refractivity contribution in [3.8, 4) is 0 Å². The molecule has 0 fully saturated rings. The predicted molar refractivity (Wildman–Crippen MR) is 219 cm³/mol. The van der Waals surface area contributed by atoms with Gasteiger partial charge >= 0.3 is 0 Å². The zero-order valence-electron chi connectivity index (χ0n) is 30.7. The van der Waals surface area contributed by atoms with E-state index in [0.717, 1.165) is 24.0 Å². The number of fused-ring (bicyclic) bond motifs is 8. The first kappa shape index (κ1) is 32.0. The van der Waals surface area contributed by atoms with E-state index in [1.807, 2.05) is 0 Å². The van der Waals surface area contributed by atoms with Crippen molar-refractivity contribution in [2.75, 3.05) is 9.80 Å². The number of para-hydroxylation sites is 1. The van der Waals surface area contributed by atoms with Gasteiger partial charge in [-0.1, -0.05) is 106 Å². The Morgan fingerprint density at radius 3 is 2.29 bits per heavy atom. The van der Waals surface area contributed by atoms with Gasteiger partial charge in [0.2, 0.25) is 0 Å². The summed E-state index contributed by atoms with van der Waals surface area (Å²) in [7, 11) is 0. The van der Waals surface area contributed by atoms with Gasteiger partial charge in [-0.2, -0.15) is 0 Å². The van der Waals surface area contributed by atoms with Gasteiger partial charge < -0.3 is 14.2 Å². The summed E-state index contributed by atoms with van der Waals surface area (Å²) in [5, 5.41) is 2.37. The van der Waals surface area contributed by atoms with Gasteiger partial charge in [0, 0.05) is 33.8 Å². The minimum atomic E-state index is 0.0814. The zero-order chi connectivity index (χ0) is 34.9. The molecule has 1 aromatic heterocycles. The van der Waals surface area contributed by atoms with Crippen molar-refractivity contribution in [1.82, 2.24) is 0 Å². The maximum absolute atomic E-state index is 6.58. The number of allylic oxidation sites excluding steroid dienone is 3. The Morgan fingerprint density at radius 1 is 0.745 bits per heavy atom. The highest BCUT2D eigenvalue weighted by Gasteiger charge is 2.45. The summed E-state index contributed by atoms with van der Waals surface area (Å²) in [6.45, 7) is 11.6. The van der Waals surface area contributed by atoms with Crippen LogP contribution in [0.1, 0.15) is 76.0 Å². The van der Waals surface area contributed by atoms with Crippen molar-refractivity contribution >= 4 is 73.5 Å². The summed E-state index contributed by atoms with van der Waals surface area (Å²) in [5.41, 5.74) is 17.6. The van der Waals surface area contributed by atoms with E-state index in [2.05, 4.69) is 154 Å². The third-order valence-electron chi connectivity index (χ3n) is 11.7. The normalized spacial score (nSPS) is 17.5. The van der Waals surface area contributed by atoms with Gasteiger partial charge in [0.05, 0.1) is 11.1 Å². The number of hydrogen-bond acceptors (Lipinski definition) is 3. The van der Waals surface area contributed by atoms with E-state index in [0.29, 0.717) is 0 Å². The number of nitrogens with zero attached hydrogens (tertiary/aromatic N) is 2. The SMILES string of the molecule is CCCCc1ccc(N2c3ccc(C)cc3B3c4ccc5oc6ccccc6c5c4N(C4=CCC(C)(CCCC)C=C4)c4cc(C)cc2c43)cc1. The molecule has 6 aromatic rings. The van der Waals surface area contributed by atoms with Gasteiger partial charge in [-0.3, -0.25) is 0 Å². The fourth-order valence-corrected chi connectivity index (χ4v) is 8.98. The standard InChI is InChI=1S/C47H47BN2O/c1-6-8-12-33-16-18-34(19-17-33)49-39-21-15-31(3)28-38(39)48-37-20-22-43-44(36-13-10-11-14-42(36)51-43)46(37)50(41-30-32(4)29-40(49)45(41)48)35-23-26-47(5,27-24-35)25-9-7-2/h10-11,13-24,26,28-30H,6-9,12,25,27H2,1-5H3. The first-order valence-corrected chi connectivity index (χ1v) is 19.2. The van der Waals surface area contributed by atoms with Gasteiger partial charge in [-0.05, 0) is 121 Å². The molecule has 51 heavy (non-hydrogen) atoms. The molecule has 0 saturated heterocycles. The lowest BCUT2D eigenvalue weighted by molar-refractivity contribution is 0.377. The molecule has 2 aliphatic heterocycles. The number of furan rings is 1. The molecule has 4 heteroatoms. The monoisotopic (exact) mass is 666 g/mol. The van der Waals surface area contributed by atoms with Crippen LogP contribution in [0.4, 0.5) is 28.4 Å². The summed E-state index contributed by atoms with van der Waals surface area (Å²) in [5.74, 6) is 0. The van der Waals surface area contributed by atoms with E-state index in [1.165, 1.54) is 110 Å². The van der Waals surface area contributed by atoms with Gasteiger partial charge in [0.25, 0.3) is 6.71 Å². The average molecular weight is 667 g/mol. The van der Waals surface area contributed by atoms with Crippen LogP contribution in [0.15, 0.2) is 119 Å². The molecule has 1 aliphatic carbocycles. The van der Waals surface area contributed by atoms with Gasteiger partial charge in [0.15, 0.2) is 0 Å². The predicted octanol–water partition coefficient (Wildman–Crippen LogP) is 11.3. The van der Waals surface area contributed by atoms with E-state index in [4.69, 9.17) is 4.42 Å². The van der Waals surface area contributed by atoms with Gasteiger partial charge in [-0.15, -0.1) is 0 Å². The van der Waals surface area contributed by atoms with Crippen molar-refractivity contribution in [3.05, 3.63) is 132 Å². The molecule has 1 atom stereocenters. The minimum absolute atomic E-state index is 0.0814. The maximum atomic E-state index is 6.58. The third-order valence-corrected chi connectivity index (χ3v) is 11.7. The van der Waals surface area contributed by atoms with E-state index in [-0.39, 0.29) is 12.1 Å². The lowest BCUT2D eigenvalue weighted by Crippen LogP contribution is -2.61. The van der Waals surface area contributed by atoms with E-state index < -0.39 is 0 Å². The van der Waals surface area contributed by atoms with Gasteiger partial charge in [-0.25, -0.2) is 0 Å². The summed E-state index contributed by atoms with van der Waals surface area (Å²) in [6, 6.07) is 34.4. The third kappa shape index (κ3) is 5.17. The second-order valence-corrected chi connectivity index (χ2v) is 15.6. The first-order chi connectivity index (χ1) is 24.9. The summed E-state index contributed by atoms with van der Waals surface area (Å²) < 4.78 is 6.58. The number of hydrogen-bond donors (Lipinski definition) is 0. The molecule has 0 spiro atoms. The highest BCUT2D eigenvalue weighted by Crippen LogP contribution is 2.48. The molecule has 1 unspecified atom stereocenters. The Bertz CT molecular complexity index is 2380. The van der Waals surface area contributed by atoms with Crippen LogP contribution in [-0.2, 0) is 6.42 Å². The topological polar surface area (TPSA) is 19.6 Å². The number of rotatable bonds is 8. The highest BCUT2D eigenvalue weighted by atomic mass is 16.3. The molecule has 3 aliphatic rings. The molecule has 254 valence electrons. The molecule has 9 rings (SSSR count). The lowest BCUT2D eigenvalue weighted by atomic mass is 9.33. The van der Waals surface area contributed by atoms with Crippen LogP contribution in [0.25, 0.3) is 21.9 Å². The highest BCUT2D eigenvalue weighted by molar-refractivity contribution is 7.00. The summed E-state index contributed by atoms with van der Waals surface area (Å²) in [4.78, 5) is 5.12. The lowest BCUT2D eigenvalue weighted by Gasteiger charge is -2.45. The molecule has 0 amide bonds. The van der Waals surface area contributed by atoms with Crippen molar-refractivity contribution < 1.29 is 4.42 Å². The Hall–Kier alpha value is -4.96.